The van der Waals surface area contributed by atoms with Gasteiger partial charge in [0.2, 0.25) is 0 Å². The number of hydrogen-bond donors (Lipinski definition) is 2. The molecule has 0 bridgehead atoms. The Labute approximate surface area is 86.8 Å². The molecule has 0 spiro atoms. The predicted octanol–water partition coefficient (Wildman–Crippen LogP) is -0.353. The van der Waals surface area contributed by atoms with Crippen LogP contribution in [-0.4, -0.2) is 57.4 Å². The largest absolute Gasteiger partial charge is 0.379 e. The van der Waals surface area contributed by atoms with Crippen molar-refractivity contribution in [1.29, 1.82) is 0 Å². The van der Waals surface area contributed by atoms with Crippen LogP contribution in [0, 0.1) is 0 Å². The SMILES string of the molecule is NCCCCNCCN1CCOCC1. The summed E-state index contributed by atoms with van der Waals surface area (Å²) in [6, 6.07) is 0. The molecule has 1 rings (SSSR count). The summed E-state index contributed by atoms with van der Waals surface area (Å²) in [6.45, 7) is 8.11. The van der Waals surface area contributed by atoms with Crippen LogP contribution in [0.2, 0.25) is 0 Å². The van der Waals surface area contributed by atoms with Crippen LogP contribution in [0.5, 0.6) is 0 Å². The van der Waals surface area contributed by atoms with Crippen molar-refractivity contribution in [3.05, 3.63) is 0 Å². The van der Waals surface area contributed by atoms with Gasteiger partial charge in [-0.05, 0) is 25.9 Å². The number of nitrogens with one attached hydrogen (secondary N) is 1. The molecule has 0 amide bonds. The fourth-order valence-corrected chi connectivity index (χ4v) is 1.58. The van der Waals surface area contributed by atoms with Gasteiger partial charge in [-0.2, -0.15) is 0 Å². The molecule has 0 aromatic carbocycles. The molecule has 1 aliphatic rings. The Morgan fingerprint density at radius 2 is 1.93 bits per heavy atom. The number of unbranched alkanes of at least 4 members (excludes halogenated alkanes) is 1. The van der Waals surface area contributed by atoms with E-state index in [1.807, 2.05) is 0 Å². The van der Waals surface area contributed by atoms with Crippen LogP contribution < -0.4 is 11.1 Å². The Morgan fingerprint density at radius 3 is 2.64 bits per heavy atom. The first-order valence-electron chi connectivity index (χ1n) is 5.64. The van der Waals surface area contributed by atoms with Gasteiger partial charge in [0.1, 0.15) is 0 Å². The first-order chi connectivity index (χ1) is 6.93. The van der Waals surface area contributed by atoms with Crippen molar-refractivity contribution in [2.24, 2.45) is 5.73 Å². The molecule has 14 heavy (non-hydrogen) atoms. The predicted molar refractivity (Wildman–Crippen MR) is 58.4 cm³/mol. The molecule has 4 heteroatoms. The van der Waals surface area contributed by atoms with Crippen molar-refractivity contribution in [1.82, 2.24) is 10.2 Å². The number of ether oxygens (including phenoxy) is 1. The summed E-state index contributed by atoms with van der Waals surface area (Å²) in [5.74, 6) is 0. The number of morpholine rings is 1. The maximum atomic E-state index is 5.41. The van der Waals surface area contributed by atoms with Gasteiger partial charge in [-0.15, -0.1) is 0 Å². The normalized spacial score (nSPS) is 18.6. The fourth-order valence-electron chi connectivity index (χ4n) is 1.58. The van der Waals surface area contributed by atoms with Crippen molar-refractivity contribution in [3.63, 3.8) is 0 Å². The van der Waals surface area contributed by atoms with E-state index in [0.29, 0.717) is 0 Å². The van der Waals surface area contributed by atoms with E-state index in [2.05, 4.69) is 10.2 Å². The summed E-state index contributed by atoms with van der Waals surface area (Å²) >= 11 is 0. The fraction of sp³-hybridized carbons (Fsp3) is 1.00. The Kier molecular flexibility index (Phi) is 6.95. The minimum absolute atomic E-state index is 0.811. The van der Waals surface area contributed by atoms with Crippen molar-refractivity contribution < 1.29 is 4.74 Å². The minimum Gasteiger partial charge on any atom is -0.379 e. The van der Waals surface area contributed by atoms with E-state index in [9.17, 15) is 0 Å². The van der Waals surface area contributed by atoms with E-state index >= 15 is 0 Å². The zero-order chi connectivity index (χ0) is 10.1. The molecule has 1 heterocycles. The van der Waals surface area contributed by atoms with Crippen molar-refractivity contribution in [2.45, 2.75) is 12.8 Å². The van der Waals surface area contributed by atoms with Crippen molar-refractivity contribution in [2.75, 3.05) is 52.5 Å². The van der Waals surface area contributed by atoms with Gasteiger partial charge >= 0.3 is 0 Å². The number of hydrogen-bond acceptors (Lipinski definition) is 4. The van der Waals surface area contributed by atoms with Gasteiger partial charge in [0, 0.05) is 26.2 Å². The molecule has 1 aliphatic heterocycles. The third kappa shape index (κ3) is 5.54. The Bertz CT molecular complexity index is 127. The second-order valence-corrected chi connectivity index (χ2v) is 3.70. The van der Waals surface area contributed by atoms with Crippen LogP contribution in [0.1, 0.15) is 12.8 Å². The summed E-state index contributed by atoms with van der Waals surface area (Å²) in [5, 5.41) is 3.43. The summed E-state index contributed by atoms with van der Waals surface area (Å²) < 4.78 is 5.28. The van der Waals surface area contributed by atoms with E-state index in [1.165, 1.54) is 6.42 Å². The zero-order valence-electron chi connectivity index (χ0n) is 9.00. The zero-order valence-corrected chi connectivity index (χ0v) is 9.00. The van der Waals surface area contributed by atoms with Crippen LogP contribution in [0.4, 0.5) is 0 Å². The van der Waals surface area contributed by atoms with E-state index in [0.717, 1.165) is 58.9 Å². The quantitative estimate of drug-likeness (QED) is 0.553. The van der Waals surface area contributed by atoms with Gasteiger partial charge in [-0.25, -0.2) is 0 Å². The van der Waals surface area contributed by atoms with Crippen LogP contribution in [0.25, 0.3) is 0 Å². The highest BCUT2D eigenvalue weighted by atomic mass is 16.5. The summed E-state index contributed by atoms with van der Waals surface area (Å²) in [4.78, 5) is 2.44. The highest BCUT2D eigenvalue weighted by molar-refractivity contribution is 4.63. The number of nitrogens with zero attached hydrogens (tertiary/aromatic N) is 1. The summed E-state index contributed by atoms with van der Waals surface area (Å²) in [7, 11) is 0. The topological polar surface area (TPSA) is 50.5 Å². The molecular weight excluding hydrogens is 178 g/mol. The summed E-state index contributed by atoms with van der Waals surface area (Å²) in [6.07, 6.45) is 2.32. The Morgan fingerprint density at radius 1 is 1.14 bits per heavy atom. The third-order valence-corrected chi connectivity index (χ3v) is 2.52. The van der Waals surface area contributed by atoms with Crippen LogP contribution in [0.3, 0.4) is 0 Å². The molecule has 0 atom stereocenters. The van der Waals surface area contributed by atoms with Gasteiger partial charge < -0.3 is 15.8 Å². The Hall–Kier alpha value is -0.160. The lowest BCUT2D eigenvalue weighted by atomic mass is 10.3. The van der Waals surface area contributed by atoms with E-state index in [4.69, 9.17) is 10.5 Å². The molecule has 1 fully saturated rings. The smallest absolute Gasteiger partial charge is 0.0594 e. The lowest BCUT2D eigenvalue weighted by molar-refractivity contribution is 0.0384. The Balaban J connectivity index is 1.82. The molecule has 84 valence electrons. The van der Waals surface area contributed by atoms with Gasteiger partial charge in [-0.3, -0.25) is 4.90 Å². The van der Waals surface area contributed by atoms with Crippen molar-refractivity contribution in [3.8, 4) is 0 Å². The first kappa shape index (κ1) is 11.9. The number of rotatable bonds is 7. The average molecular weight is 201 g/mol. The van der Waals surface area contributed by atoms with Crippen LogP contribution in [-0.2, 0) is 4.74 Å². The third-order valence-electron chi connectivity index (χ3n) is 2.52. The van der Waals surface area contributed by atoms with Gasteiger partial charge in [0.15, 0.2) is 0 Å². The average Bonchev–Trinajstić information content (AvgIpc) is 2.25. The second-order valence-electron chi connectivity index (χ2n) is 3.70. The molecule has 1 saturated heterocycles. The molecule has 4 nitrogen and oxygen atoms in total. The minimum atomic E-state index is 0.811. The van der Waals surface area contributed by atoms with Crippen LogP contribution in [0.15, 0.2) is 0 Å². The monoisotopic (exact) mass is 201 g/mol. The van der Waals surface area contributed by atoms with E-state index < -0.39 is 0 Å². The lowest BCUT2D eigenvalue weighted by Crippen LogP contribution is -2.40. The second kappa shape index (κ2) is 8.17. The number of nitrogens with two attached hydrogens (primary N) is 1. The standard InChI is InChI=1S/C10H23N3O/c11-3-1-2-4-12-5-6-13-7-9-14-10-8-13/h12H,1-11H2. The highest BCUT2D eigenvalue weighted by Gasteiger charge is 2.08. The van der Waals surface area contributed by atoms with Crippen LogP contribution >= 0.6 is 0 Å². The van der Waals surface area contributed by atoms with Gasteiger partial charge in [0.25, 0.3) is 0 Å². The van der Waals surface area contributed by atoms with Gasteiger partial charge in [0.05, 0.1) is 13.2 Å². The molecule has 0 aromatic heterocycles. The molecular formula is C10H23N3O. The molecule has 0 aliphatic carbocycles. The van der Waals surface area contributed by atoms with Crippen molar-refractivity contribution >= 4 is 0 Å². The maximum absolute atomic E-state index is 5.41. The molecule has 0 unspecified atom stereocenters. The van der Waals surface area contributed by atoms with Gasteiger partial charge in [-0.1, -0.05) is 0 Å². The molecule has 3 N–H and O–H groups in total. The maximum Gasteiger partial charge on any atom is 0.0594 e. The molecule has 0 aromatic rings. The highest BCUT2D eigenvalue weighted by Crippen LogP contribution is 1.94. The van der Waals surface area contributed by atoms with E-state index in [-0.39, 0.29) is 0 Å². The first-order valence-corrected chi connectivity index (χ1v) is 5.64. The summed E-state index contributed by atoms with van der Waals surface area (Å²) in [5.41, 5.74) is 5.41. The lowest BCUT2D eigenvalue weighted by Gasteiger charge is -2.26. The molecule has 0 saturated carbocycles. The van der Waals surface area contributed by atoms with E-state index in [1.54, 1.807) is 0 Å². The molecule has 0 radical (unpaired) electrons.